The fraction of sp³-hybridized carbons (Fsp3) is 0.750. The van der Waals surface area contributed by atoms with Crippen molar-refractivity contribution in [2.75, 3.05) is 12.0 Å². The first kappa shape index (κ1) is 23.2. The van der Waals surface area contributed by atoms with Gasteiger partial charge in [0.1, 0.15) is 11.9 Å². The van der Waals surface area contributed by atoms with Crippen molar-refractivity contribution in [1.29, 1.82) is 0 Å². The number of carbonyl (C=O) groups is 2. The van der Waals surface area contributed by atoms with Crippen molar-refractivity contribution < 1.29 is 14.0 Å². The summed E-state index contributed by atoms with van der Waals surface area (Å²) in [5.41, 5.74) is 1.49. The van der Waals surface area contributed by atoms with Crippen LogP contribution in [0, 0.1) is 6.92 Å². The third-order valence-electron chi connectivity index (χ3n) is 5.95. The molecule has 2 rings (SSSR count). The molecule has 0 aliphatic carbocycles. The molecule has 1 aliphatic rings. The topological polar surface area (TPSA) is 64.4 Å². The maximum atomic E-state index is 12.8. The van der Waals surface area contributed by atoms with Crippen LogP contribution in [0.2, 0.25) is 18.1 Å². The van der Waals surface area contributed by atoms with Gasteiger partial charge < -0.3 is 9.33 Å². The minimum Gasteiger partial charge on any atom is -0.397 e. The molecule has 1 aliphatic heterocycles. The zero-order valence-electron chi connectivity index (χ0n) is 18.5. The monoisotopic (exact) mass is 425 g/mol. The fourth-order valence-electron chi connectivity index (χ4n) is 3.20. The minimum atomic E-state index is -1.99. The summed E-state index contributed by atoms with van der Waals surface area (Å²) in [7, 11) is -1.99. The predicted molar refractivity (Wildman–Crippen MR) is 117 cm³/mol. The van der Waals surface area contributed by atoms with Gasteiger partial charge in [-0.25, -0.2) is 0 Å². The number of rotatable bonds is 9. The summed E-state index contributed by atoms with van der Waals surface area (Å²) in [6.07, 6.45) is 2.46. The van der Waals surface area contributed by atoms with E-state index in [0.717, 1.165) is 18.0 Å². The lowest BCUT2D eigenvalue weighted by atomic mass is 9.95. The second kappa shape index (κ2) is 8.71. The molecule has 1 saturated heterocycles. The highest BCUT2D eigenvalue weighted by molar-refractivity contribution is 7.98. The lowest BCUT2D eigenvalue weighted by Gasteiger charge is -2.48. The molecule has 8 heteroatoms. The number of nitrogens with zero attached hydrogens (tertiary/aromatic N) is 3. The molecule has 0 aromatic carbocycles. The van der Waals surface area contributed by atoms with Crippen LogP contribution in [-0.4, -0.2) is 59.0 Å². The van der Waals surface area contributed by atoms with Crippen LogP contribution < -0.4 is 0 Å². The van der Waals surface area contributed by atoms with E-state index < -0.39 is 8.32 Å². The normalized spacial score (nSPS) is 18.9. The Morgan fingerprint density at radius 1 is 1.43 bits per heavy atom. The highest BCUT2D eigenvalue weighted by atomic mass is 32.2. The van der Waals surface area contributed by atoms with Crippen molar-refractivity contribution in [3.05, 3.63) is 17.5 Å². The second-order valence-corrected chi connectivity index (χ2v) is 14.9. The number of likely N-dealkylation sites (tertiary alicyclic amines) is 1. The predicted octanol–water partition coefficient (Wildman–Crippen LogP) is 4.10. The number of aromatic nitrogens is 2. The molecule has 1 aromatic heterocycles. The van der Waals surface area contributed by atoms with Gasteiger partial charge in [0.2, 0.25) is 5.91 Å². The van der Waals surface area contributed by atoms with Gasteiger partial charge in [-0.15, -0.1) is 0 Å². The van der Waals surface area contributed by atoms with Crippen LogP contribution in [0.3, 0.4) is 0 Å². The molecule has 0 saturated carbocycles. The Kier molecular flexibility index (Phi) is 7.20. The standard InChI is InChI=1S/C20H35N3O3SSi/c1-14-11-17(21-22(14)9-10-27-6)18(24)12-16-13-19(25)23(16)15(2)26-28(7,8)20(3,4)5/h11,15-16H,9-10,12-13H2,1-8H3/t15-,16?/m0/s1. The number of carbonyl (C=O) groups excluding carboxylic acids is 2. The van der Waals surface area contributed by atoms with Crippen molar-refractivity contribution in [3.8, 4) is 0 Å². The summed E-state index contributed by atoms with van der Waals surface area (Å²) in [5.74, 6) is 1.02. The molecule has 0 N–H and O–H groups in total. The lowest BCUT2D eigenvalue weighted by molar-refractivity contribution is -0.159. The molecule has 158 valence electrons. The van der Waals surface area contributed by atoms with Gasteiger partial charge in [0.15, 0.2) is 14.1 Å². The lowest BCUT2D eigenvalue weighted by Crippen LogP contribution is -2.60. The molecule has 6 nitrogen and oxygen atoms in total. The van der Waals surface area contributed by atoms with Gasteiger partial charge in [-0.2, -0.15) is 16.9 Å². The van der Waals surface area contributed by atoms with Gasteiger partial charge in [-0.1, -0.05) is 20.8 Å². The number of amides is 1. The van der Waals surface area contributed by atoms with Crippen molar-refractivity contribution in [2.45, 2.75) is 84.4 Å². The number of ketones is 1. The van der Waals surface area contributed by atoms with E-state index in [9.17, 15) is 9.59 Å². The van der Waals surface area contributed by atoms with E-state index in [1.807, 2.05) is 24.6 Å². The summed E-state index contributed by atoms with van der Waals surface area (Å²) in [5, 5.41) is 4.54. The molecular weight excluding hydrogens is 390 g/mol. The first-order valence-electron chi connectivity index (χ1n) is 9.93. The van der Waals surface area contributed by atoms with Crippen molar-refractivity contribution in [2.24, 2.45) is 0 Å². The number of hydrogen-bond donors (Lipinski definition) is 0. The van der Waals surface area contributed by atoms with Crippen LogP contribution in [0.15, 0.2) is 6.07 Å². The maximum absolute atomic E-state index is 12.8. The largest absolute Gasteiger partial charge is 0.397 e. The fourth-order valence-corrected chi connectivity index (χ4v) is 4.87. The van der Waals surface area contributed by atoms with Crippen LogP contribution in [0.5, 0.6) is 0 Å². The van der Waals surface area contributed by atoms with E-state index in [-0.39, 0.29) is 29.0 Å². The van der Waals surface area contributed by atoms with Gasteiger partial charge >= 0.3 is 0 Å². The third kappa shape index (κ3) is 5.07. The molecular formula is C20H35N3O3SSi. The summed E-state index contributed by atoms with van der Waals surface area (Å²) in [6.45, 7) is 15.6. The van der Waals surface area contributed by atoms with Gasteiger partial charge in [-0.3, -0.25) is 14.3 Å². The van der Waals surface area contributed by atoms with E-state index in [0.29, 0.717) is 18.5 Å². The van der Waals surface area contributed by atoms with Crippen LogP contribution >= 0.6 is 11.8 Å². The summed E-state index contributed by atoms with van der Waals surface area (Å²) in [4.78, 5) is 26.7. The Hall–Kier alpha value is -1.12. The van der Waals surface area contributed by atoms with Crippen LogP contribution in [0.25, 0.3) is 0 Å². The summed E-state index contributed by atoms with van der Waals surface area (Å²) < 4.78 is 8.26. The van der Waals surface area contributed by atoms with Crippen molar-refractivity contribution in [3.63, 3.8) is 0 Å². The Balaban J connectivity index is 2.02. The SMILES string of the molecule is CSCCn1nc(C(=O)CC2CC(=O)N2[C@H](C)O[Si](C)(C)C(C)(C)C)cc1C. The highest BCUT2D eigenvalue weighted by Gasteiger charge is 2.45. The minimum absolute atomic E-state index is 0.00646. The average molecular weight is 426 g/mol. The second-order valence-electron chi connectivity index (χ2n) is 9.15. The zero-order chi connectivity index (χ0) is 21.3. The first-order chi connectivity index (χ1) is 12.9. The van der Waals surface area contributed by atoms with Crippen LogP contribution in [-0.2, 0) is 15.8 Å². The number of aryl methyl sites for hydroxylation is 2. The summed E-state index contributed by atoms with van der Waals surface area (Å²) in [6, 6.07) is 1.75. The molecule has 0 spiro atoms. The van der Waals surface area contributed by atoms with Crippen LogP contribution in [0.1, 0.15) is 56.7 Å². The zero-order valence-corrected chi connectivity index (χ0v) is 20.4. The van der Waals surface area contributed by atoms with E-state index in [1.165, 1.54) is 0 Å². The Labute approximate surface area is 174 Å². The Morgan fingerprint density at radius 2 is 2.07 bits per heavy atom. The van der Waals surface area contributed by atoms with Gasteiger partial charge in [0.05, 0.1) is 12.6 Å². The first-order valence-corrected chi connectivity index (χ1v) is 14.2. The Bertz CT molecular complexity index is 727. The molecule has 2 atom stereocenters. The molecule has 1 aromatic rings. The van der Waals surface area contributed by atoms with Crippen molar-refractivity contribution >= 4 is 31.8 Å². The number of hydrogen-bond acceptors (Lipinski definition) is 5. The van der Waals surface area contributed by atoms with E-state index in [4.69, 9.17) is 4.43 Å². The number of Topliss-reactive ketones (excluding diaryl/α,β-unsaturated/α-hetero) is 1. The average Bonchev–Trinajstić information content (AvgIpc) is 2.91. The maximum Gasteiger partial charge on any atom is 0.226 e. The Morgan fingerprint density at radius 3 is 2.61 bits per heavy atom. The molecule has 1 amide bonds. The molecule has 0 radical (unpaired) electrons. The molecule has 1 unspecified atom stereocenters. The third-order valence-corrected chi connectivity index (χ3v) is 11.1. The molecule has 28 heavy (non-hydrogen) atoms. The van der Waals surface area contributed by atoms with Gasteiger partial charge in [0.25, 0.3) is 0 Å². The smallest absolute Gasteiger partial charge is 0.226 e. The highest BCUT2D eigenvalue weighted by Crippen LogP contribution is 2.39. The van der Waals surface area contributed by atoms with Gasteiger partial charge in [-0.05, 0) is 44.3 Å². The summed E-state index contributed by atoms with van der Waals surface area (Å²) >= 11 is 1.76. The number of thioether (sulfide) groups is 1. The molecule has 1 fully saturated rings. The number of β-lactam (4-membered cyclic amide) rings is 1. The van der Waals surface area contributed by atoms with Crippen LogP contribution in [0.4, 0.5) is 0 Å². The van der Waals surface area contributed by atoms with Crippen molar-refractivity contribution in [1.82, 2.24) is 14.7 Å². The van der Waals surface area contributed by atoms with E-state index in [2.05, 4.69) is 45.2 Å². The van der Waals surface area contributed by atoms with E-state index >= 15 is 0 Å². The van der Waals surface area contributed by atoms with E-state index in [1.54, 1.807) is 16.7 Å². The quantitative estimate of drug-likeness (QED) is 0.339. The molecule has 2 heterocycles. The molecule has 0 bridgehead atoms. The van der Waals surface area contributed by atoms with Gasteiger partial charge in [0, 0.05) is 24.3 Å².